The molecule has 32 heavy (non-hydrogen) atoms. The molecule has 0 amide bonds. The molecule has 1 saturated carbocycles. The second-order valence-electron chi connectivity index (χ2n) is 7.86. The Labute approximate surface area is 183 Å². The number of methoxy groups -OCH3 is 1. The third-order valence-electron chi connectivity index (χ3n) is 5.94. The van der Waals surface area contributed by atoms with Gasteiger partial charge in [-0.05, 0) is 78.9 Å². The minimum atomic E-state index is -3.12. The Morgan fingerprint density at radius 1 is 0.969 bits per heavy atom. The van der Waals surface area contributed by atoms with Crippen LogP contribution < -0.4 is 9.47 Å². The second kappa shape index (κ2) is 9.61. The maximum atomic E-state index is 14.3. The highest BCUT2D eigenvalue weighted by atomic mass is 19.3. The average Bonchev–Trinajstić information content (AvgIpc) is 2.81. The van der Waals surface area contributed by atoms with Gasteiger partial charge >= 0.3 is 12.6 Å². The van der Waals surface area contributed by atoms with Crippen LogP contribution in [0.2, 0.25) is 0 Å². The number of esters is 1. The smallest absolute Gasteiger partial charge is 0.387 e. The lowest BCUT2D eigenvalue weighted by atomic mass is 9.82. The van der Waals surface area contributed by atoms with Crippen molar-refractivity contribution in [3.05, 3.63) is 71.5 Å². The number of alkyl halides is 2. The van der Waals surface area contributed by atoms with Gasteiger partial charge in [-0.1, -0.05) is 18.2 Å². The summed E-state index contributed by atoms with van der Waals surface area (Å²) in [6.07, 6.45) is 4.51. The molecule has 0 atom stereocenters. The van der Waals surface area contributed by atoms with Crippen molar-refractivity contribution in [2.45, 2.75) is 44.3 Å². The molecule has 168 valence electrons. The fourth-order valence-corrected chi connectivity index (χ4v) is 4.19. The van der Waals surface area contributed by atoms with Gasteiger partial charge in [-0.2, -0.15) is 8.78 Å². The highest BCUT2D eigenvalue weighted by molar-refractivity contribution is 5.92. The van der Waals surface area contributed by atoms with Gasteiger partial charge in [-0.3, -0.25) is 0 Å². The molecule has 1 fully saturated rings. The van der Waals surface area contributed by atoms with Gasteiger partial charge in [-0.25, -0.2) is 9.18 Å². The summed E-state index contributed by atoms with van der Waals surface area (Å²) in [5.74, 6) is -1.27. The normalized spacial score (nSPS) is 18.7. The maximum Gasteiger partial charge on any atom is 0.387 e. The average molecular weight is 444 g/mol. The Morgan fingerprint density at radius 3 is 2.34 bits per heavy atom. The number of fused-ring (bicyclic) bond motifs is 1. The van der Waals surface area contributed by atoms with Gasteiger partial charge in [0, 0.05) is 12.5 Å². The lowest BCUT2D eigenvalue weighted by molar-refractivity contribution is -0.0520. The topological polar surface area (TPSA) is 44.8 Å². The quantitative estimate of drug-likeness (QED) is 0.323. The lowest BCUT2D eigenvalue weighted by Crippen LogP contribution is -2.19. The van der Waals surface area contributed by atoms with E-state index in [0.29, 0.717) is 23.0 Å². The Balaban J connectivity index is 1.44. The molecular weight excluding hydrogens is 421 g/mol. The van der Waals surface area contributed by atoms with E-state index in [1.807, 2.05) is 12.1 Å². The molecular formula is C25H23F3O4. The van der Waals surface area contributed by atoms with Crippen LogP contribution in [0.5, 0.6) is 11.5 Å². The number of hydrogen-bond acceptors (Lipinski definition) is 4. The van der Waals surface area contributed by atoms with Crippen molar-refractivity contribution < 1.29 is 32.2 Å². The van der Waals surface area contributed by atoms with Crippen molar-refractivity contribution in [2.75, 3.05) is 7.11 Å². The van der Waals surface area contributed by atoms with Gasteiger partial charge in [0.15, 0.2) is 11.6 Å². The Kier molecular flexibility index (Phi) is 6.65. The van der Waals surface area contributed by atoms with Gasteiger partial charge in [0.25, 0.3) is 0 Å². The largest absolute Gasteiger partial charge is 0.432 e. The molecule has 0 N–H and O–H groups in total. The first-order chi connectivity index (χ1) is 15.4. The lowest BCUT2D eigenvalue weighted by Gasteiger charge is -2.27. The molecule has 3 aromatic rings. The molecule has 0 saturated heterocycles. The fraction of sp³-hybridized carbons (Fsp3) is 0.320. The van der Waals surface area contributed by atoms with Gasteiger partial charge in [0.05, 0.1) is 11.7 Å². The van der Waals surface area contributed by atoms with Crippen molar-refractivity contribution in [1.29, 1.82) is 0 Å². The molecule has 3 aromatic carbocycles. The van der Waals surface area contributed by atoms with Crippen LogP contribution in [0.1, 0.15) is 47.5 Å². The van der Waals surface area contributed by atoms with Crippen molar-refractivity contribution >= 4 is 16.7 Å². The minimum Gasteiger partial charge on any atom is -0.432 e. The van der Waals surface area contributed by atoms with Crippen LogP contribution in [0.15, 0.2) is 54.6 Å². The Morgan fingerprint density at radius 2 is 1.69 bits per heavy atom. The number of carbonyl (C=O) groups is 1. The molecule has 0 radical (unpaired) electrons. The SMILES string of the molecule is COC1CCC(c2ccc(C(=O)Oc3ccc4c(F)c(OC(F)F)ccc4c3)cc2)CC1. The van der Waals surface area contributed by atoms with Gasteiger partial charge < -0.3 is 14.2 Å². The Bertz CT molecular complexity index is 1090. The first-order valence-electron chi connectivity index (χ1n) is 10.5. The first-order valence-corrected chi connectivity index (χ1v) is 10.5. The van der Waals surface area contributed by atoms with Crippen LogP contribution in [0, 0.1) is 5.82 Å². The summed E-state index contributed by atoms with van der Waals surface area (Å²) in [5, 5.41) is 0.493. The van der Waals surface area contributed by atoms with Crippen LogP contribution in [-0.4, -0.2) is 25.8 Å². The number of halogens is 3. The van der Waals surface area contributed by atoms with Gasteiger partial charge in [0.1, 0.15) is 5.75 Å². The predicted molar refractivity (Wildman–Crippen MR) is 114 cm³/mol. The second-order valence-corrected chi connectivity index (χ2v) is 7.86. The van der Waals surface area contributed by atoms with E-state index in [1.54, 1.807) is 19.2 Å². The van der Waals surface area contributed by atoms with Crippen molar-refractivity contribution in [3.63, 3.8) is 0 Å². The van der Waals surface area contributed by atoms with Crippen LogP contribution in [0.3, 0.4) is 0 Å². The summed E-state index contributed by atoms with van der Waals surface area (Å²) >= 11 is 0. The maximum absolute atomic E-state index is 14.3. The molecule has 0 spiro atoms. The molecule has 7 heteroatoms. The third-order valence-corrected chi connectivity index (χ3v) is 5.94. The summed E-state index contributed by atoms with van der Waals surface area (Å²) in [5.41, 5.74) is 1.60. The van der Waals surface area contributed by atoms with Crippen molar-refractivity contribution in [3.8, 4) is 11.5 Å². The zero-order chi connectivity index (χ0) is 22.7. The molecule has 4 nitrogen and oxygen atoms in total. The third kappa shape index (κ3) is 4.88. The molecule has 0 heterocycles. The summed E-state index contributed by atoms with van der Waals surface area (Å²) in [4.78, 5) is 12.5. The van der Waals surface area contributed by atoms with E-state index in [0.717, 1.165) is 31.7 Å². The summed E-state index contributed by atoms with van der Waals surface area (Å²) < 4.78 is 54.1. The zero-order valence-corrected chi connectivity index (χ0v) is 17.5. The Hall–Kier alpha value is -3.06. The standard InChI is InChI=1S/C25H23F3O4/c1-30-19-9-6-16(7-10-19)15-2-4-17(5-3-15)24(29)31-20-11-12-21-18(14-20)8-13-22(23(21)26)32-25(27)28/h2-5,8,11-14,16,19,25H,6-7,9-10H2,1H3. The number of hydrogen-bond donors (Lipinski definition) is 0. The van der Waals surface area contributed by atoms with E-state index in [9.17, 15) is 18.0 Å². The van der Waals surface area contributed by atoms with Crippen LogP contribution in [0.4, 0.5) is 13.2 Å². The number of benzene rings is 3. The van der Waals surface area contributed by atoms with Crippen LogP contribution >= 0.6 is 0 Å². The molecule has 0 aromatic heterocycles. The minimum absolute atomic E-state index is 0.0931. The van der Waals surface area contributed by atoms with E-state index < -0.39 is 24.1 Å². The van der Waals surface area contributed by atoms with Gasteiger partial charge in [0.2, 0.25) is 0 Å². The van der Waals surface area contributed by atoms with Crippen molar-refractivity contribution in [2.24, 2.45) is 0 Å². The number of rotatable bonds is 6. The van der Waals surface area contributed by atoms with Crippen LogP contribution in [-0.2, 0) is 4.74 Å². The number of carbonyl (C=O) groups excluding carboxylic acids is 1. The predicted octanol–water partition coefficient (Wildman–Crippen LogP) is 6.47. The number of ether oxygens (including phenoxy) is 3. The van der Waals surface area contributed by atoms with E-state index in [4.69, 9.17) is 9.47 Å². The van der Waals surface area contributed by atoms with Gasteiger partial charge in [-0.15, -0.1) is 0 Å². The van der Waals surface area contributed by atoms with E-state index >= 15 is 0 Å². The molecule has 0 bridgehead atoms. The fourth-order valence-electron chi connectivity index (χ4n) is 4.19. The van der Waals surface area contributed by atoms with Crippen LogP contribution in [0.25, 0.3) is 10.8 Å². The zero-order valence-electron chi connectivity index (χ0n) is 17.5. The monoisotopic (exact) mass is 444 g/mol. The van der Waals surface area contributed by atoms with Crippen molar-refractivity contribution in [1.82, 2.24) is 0 Å². The molecule has 4 rings (SSSR count). The summed E-state index contributed by atoms with van der Waals surface area (Å²) in [7, 11) is 1.75. The molecule has 0 unspecified atom stereocenters. The van der Waals surface area contributed by atoms with E-state index in [2.05, 4.69) is 4.74 Å². The summed E-state index contributed by atoms with van der Waals surface area (Å²) in [6, 6.07) is 14.2. The van der Waals surface area contributed by atoms with E-state index in [1.165, 1.54) is 29.8 Å². The van der Waals surface area contributed by atoms with E-state index in [-0.39, 0.29) is 11.1 Å². The first kappa shape index (κ1) is 22.1. The highest BCUT2D eigenvalue weighted by Crippen LogP contribution is 2.34. The summed E-state index contributed by atoms with van der Waals surface area (Å²) in [6.45, 7) is -3.12. The molecule has 1 aliphatic carbocycles. The molecule has 1 aliphatic rings. The molecule has 0 aliphatic heterocycles. The highest BCUT2D eigenvalue weighted by Gasteiger charge is 2.22.